The van der Waals surface area contributed by atoms with Crippen LogP contribution in [-0.4, -0.2) is 22.1 Å². The largest absolute Gasteiger partial charge is 0.372 e. The molecule has 0 saturated heterocycles. The smallest absolute Gasteiger partial charge is 0.243 e. The van der Waals surface area contributed by atoms with Gasteiger partial charge in [-0.05, 0) is 36.8 Å². The second-order valence-corrected chi connectivity index (χ2v) is 7.37. The minimum atomic E-state index is -3.99. The van der Waals surface area contributed by atoms with E-state index < -0.39 is 26.3 Å². The van der Waals surface area contributed by atoms with Crippen LogP contribution in [0.3, 0.4) is 0 Å². The Morgan fingerprint density at radius 1 is 1.22 bits per heavy atom. The molecule has 0 heterocycles. The van der Waals surface area contributed by atoms with E-state index in [1.165, 1.54) is 25.3 Å². The van der Waals surface area contributed by atoms with Gasteiger partial charge in [0.1, 0.15) is 16.3 Å². The van der Waals surface area contributed by atoms with Gasteiger partial charge in [0.25, 0.3) is 0 Å². The van der Waals surface area contributed by atoms with E-state index in [2.05, 4.69) is 4.72 Å². The van der Waals surface area contributed by atoms with Crippen molar-refractivity contribution in [3.8, 4) is 0 Å². The molecule has 0 saturated carbocycles. The molecule has 0 aliphatic carbocycles. The maximum Gasteiger partial charge on any atom is 0.243 e. The van der Waals surface area contributed by atoms with Gasteiger partial charge < -0.3 is 4.74 Å². The first-order chi connectivity index (χ1) is 10.8. The molecule has 0 aromatic heterocycles. The summed E-state index contributed by atoms with van der Waals surface area (Å²) in [7, 11) is -2.52. The van der Waals surface area contributed by atoms with Crippen molar-refractivity contribution in [3.05, 3.63) is 64.9 Å². The molecule has 0 aliphatic heterocycles. The van der Waals surface area contributed by atoms with Crippen LogP contribution in [-0.2, 0) is 20.4 Å². The summed E-state index contributed by atoms with van der Waals surface area (Å²) >= 11 is 5.97. The number of sulfonamides is 1. The fourth-order valence-corrected chi connectivity index (χ4v) is 3.48. The fourth-order valence-electron chi connectivity index (χ4n) is 2.08. The lowest BCUT2D eigenvalue weighted by atomic mass is 9.96. The van der Waals surface area contributed by atoms with Crippen LogP contribution >= 0.6 is 11.6 Å². The summed E-state index contributed by atoms with van der Waals surface area (Å²) in [5, 5.41) is 0.516. The predicted molar refractivity (Wildman–Crippen MR) is 87.4 cm³/mol. The zero-order chi connectivity index (χ0) is 17.1. The molecule has 1 N–H and O–H groups in total. The highest BCUT2D eigenvalue weighted by atomic mass is 35.5. The molecule has 0 fully saturated rings. The van der Waals surface area contributed by atoms with Crippen molar-refractivity contribution in [2.45, 2.75) is 17.4 Å². The summed E-state index contributed by atoms with van der Waals surface area (Å²) < 4.78 is 46.1. The molecular formula is C16H17ClFNO3S. The van der Waals surface area contributed by atoms with E-state index >= 15 is 0 Å². The Balaban J connectivity index is 2.25. The van der Waals surface area contributed by atoms with Gasteiger partial charge in [-0.25, -0.2) is 17.5 Å². The number of hydrogen-bond donors (Lipinski definition) is 1. The van der Waals surface area contributed by atoms with Crippen LogP contribution in [0.5, 0.6) is 0 Å². The first kappa shape index (κ1) is 17.9. The maximum absolute atomic E-state index is 13.7. The van der Waals surface area contributed by atoms with E-state index in [0.717, 1.165) is 6.07 Å². The van der Waals surface area contributed by atoms with E-state index in [0.29, 0.717) is 10.6 Å². The average Bonchev–Trinajstić information content (AvgIpc) is 2.53. The topological polar surface area (TPSA) is 55.4 Å². The molecule has 0 bridgehead atoms. The monoisotopic (exact) mass is 357 g/mol. The van der Waals surface area contributed by atoms with E-state index in [1.54, 1.807) is 31.2 Å². The number of benzene rings is 2. The first-order valence-corrected chi connectivity index (χ1v) is 8.70. The highest BCUT2D eigenvalue weighted by molar-refractivity contribution is 7.89. The SMILES string of the molecule is COC(C)(CNS(=O)(=O)c1ccccc1F)c1cccc(Cl)c1. The molecule has 2 aromatic carbocycles. The van der Waals surface area contributed by atoms with Crippen LogP contribution in [0.25, 0.3) is 0 Å². The molecule has 0 radical (unpaired) electrons. The van der Waals surface area contributed by atoms with E-state index in [4.69, 9.17) is 16.3 Å². The third-order valence-electron chi connectivity index (χ3n) is 3.61. The summed E-state index contributed by atoms with van der Waals surface area (Å²) in [4.78, 5) is -0.399. The summed E-state index contributed by atoms with van der Waals surface area (Å²) in [6, 6.07) is 12.1. The van der Waals surface area contributed by atoms with Crippen molar-refractivity contribution in [2.75, 3.05) is 13.7 Å². The molecule has 23 heavy (non-hydrogen) atoms. The van der Waals surface area contributed by atoms with E-state index in [-0.39, 0.29) is 6.54 Å². The summed E-state index contributed by atoms with van der Waals surface area (Å²) in [5.41, 5.74) is -0.229. The quantitative estimate of drug-likeness (QED) is 0.862. The Labute approximate surface area is 140 Å². The maximum atomic E-state index is 13.7. The molecule has 0 amide bonds. The van der Waals surface area contributed by atoms with Gasteiger partial charge in [0, 0.05) is 18.7 Å². The number of methoxy groups -OCH3 is 1. The summed E-state index contributed by atoms with van der Waals surface area (Å²) in [6.07, 6.45) is 0. The Morgan fingerprint density at radius 2 is 1.91 bits per heavy atom. The van der Waals surface area contributed by atoms with Crippen molar-refractivity contribution >= 4 is 21.6 Å². The molecule has 1 atom stereocenters. The van der Waals surface area contributed by atoms with Crippen molar-refractivity contribution in [2.24, 2.45) is 0 Å². The zero-order valence-electron chi connectivity index (χ0n) is 12.7. The lowest BCUT2D eigenvalue weighted by molar-refractivity contribution is 0.00698. The van der Waals surface area contributed by atoms with Gasteiger partial charge in [-0.15, -0.1) is 0 Å². The van der Waals surface area contributed by atoms with Crippen LogP contribution in [0.15, 0.2) is 53.4 Å². The van der Waals surface area contributed by atoms with Gasteiger partial charge in [0.05, 0.1) is 0 Å². The molecule has 7 heteroatoms. The molecule has 2 rings (SSSR count). The van der Waals surface area contributed by atoms with Crippen molar-refractivity contribution in [3.63, 3.8) is 0 Å². The van der Waals surface area contributed by atoms with Gasteiger partial charge in [0.2, 0.25) is 10.0 Å². The number of nitrogens with one attached hydrogen (secondary N) is 1. The van der Waals surface area contributed by atoms with Gasteiger partial charge in [-0.3, -0.25) is 0 Å². The summed E-state index contributed by atoms with van der Waals surface area (Å²) in [6.45, 7) is 1.66. The molecule has 0 aliphatic rings. The Bertz CT molecular complexity index is 797. The number of halogens is 2. The molecule has 1 unspecified atom stereocenters. The minimum Gasteiger partial charge on any atom is -0.372 e. The lowest BCUT2D eigenvalue weighted by Crippen LogP contribution is -2.40. The van der Waals surface area contributed by atoms with E-state index in [1.807, 2.05) is 0 Å². The Hall–Kier alpha value is -1.47. The third-order valence-corrected chi connectivity index (χ3v) is 5.28. The molecule has 4 nitrogen and oxygen atoms in total. The van der Waals surface area contributed by atoms with Crippen molar-refractivity contribution in [1.29, 1.82) is 0 Å². The van der Waals surface area contributed by atoms with Crippen LogP contribution < -0.4 is 4.72 Å². The highest BCUT2D eigenvalue weighted by Crippen LogP contribution is 2.27. The fraction of sp³-hybridized carbons (Fsp3) is 0.250. The normalized spacial score (nSPS) is 14.4. The average molecular weight is 358 g/mol. The second-order valence-electron chi connectivity index (χ2n) is 5.20. The minimum absolute atomic E-state index is 0.0689. The number of hydrogen-bond acceptors (Lipinski definition) is 3. The van der Waals surface area contributed by atoms with E-state index in [9.17, 15) is 12.8 Å². The molecule has 2 aromatic rings. The highest BCUT2D eigenvalue weighted by Gasteiger charge is 2.29. The number of ether oxygens (including phenoxy) is 1. The van der Waals surface area contributed by atoms with Crippen LogP contribution in [0.2, 0.25) is 5.02 Å². The van der Waals surface area contributed by atoms with Gasteiger partial charge >= 0.3 is 0 Å². The van der Waals surface area contributed by atoms with Crippen molar-refractivity contribution < 1.29 is 17.5 Å². The van der Waals surface area contributed by atoms with Crippen molar-refractivity contribution in [1.82, 2.24) is 4.72 Å². The van der Waals surface area contributed by atoms with Crippen LogP contribution in [0, 0.1) is 5.82 Å². The van der Waals surface area contributed by atoms with Crippen LogP contribution in [0.4, 0.5) is 4.39 Å². The Kier molecular flexibility index (Phi) is 5.41. The molecular weight excluding hydrogens is 341 g/mol. The third kappa shape index (κ3) is 4.09. The summed E-state index contributed by atoms with van der Waals surface area (Å²) in [5.74, 6) is -0.804. The zero-order valence-corrected chi connectivity index (χ0v) is 14.3. The standard InChI is InChI=1S/C16H17ClFNO3S/c1-16(22-2,12-6-5-7-13(17)10-12)11-19-23(20,21)15-9-4-3-8-14(15)18/h3-10,19H,11H2,1-2H3. The molecule has 0 spiro atoms. The predicted octanol–water partition coefficient (Wildman–Crippen LogP) is 3.32. The second kappa shape index (κ2) is 6.97. The lowest BCUT2D eigenvalue weighted by Gasteiger charge is -2.29. The van der Waals surface area contributed by atoms with Gasteiger partial charge in [-0.1, -0.05) is 35.9 Å². The van der Waals surface area contributed by atoms with Crippen LogP contribution in [0.1, 0.15) is 12.5 Å². The first-order valence-electron chi connectivity index (χ1n) is 6.84. The number of rotatable bonds is 6. The van der Waals surface area contributed by atoms with Gasteiger partial charge in [0.15, 0.2) is 0 Å². The molecule has 124 valence electrons. The van der Waals surface area contributed by atoms with Gasteiger partial charge in [-0.2, -0.15) is 0 Å². The Morgan fingerprint density at radius 3 is 2.52 bits per heavy atom.